The number of nitrogens with zero attached hydrogens (tertiary/aromatic N) is 2. The zero-order valence-corrected chi connectivity index (χ0v) is 15.8. The van der Waals surface area contributed by atoms with E-state index >= 15 is 0 Å². The molecule has 1 aliphatic rings. The van der Waals surface area contributed by atoms with Crippen molar-refractivity contribution in [1.29, 1.82) is 0 Å². The number of halogens is 1. The largest absolute Gasteiger partial charge is 0.358 e. The van der Waals surface area contributed by atoms with Crippen LogP contribution in [-0.4, -0.2) is 26.9 Å². The monoisotopic (exact) mass is 407 g/mol. The van der Waals surface area contributed by atoms with Gasteiger partial charge in [-0.05, 0) is 30.3 Å². The van der Waals surface area contributed by atoms with Gasteiger partial charge in [0.05, 0.1) is 0 Å². The van der Waals surface area contributed by atoms with Crippen molar-refractivity contribution in [2.45, 2.75) is 19.5 Å². The second-order valence-corrected chi connectivity index (χ2v) is 7.76. The van der Waals surface area contributed by atoms with Gasteiger partial charge in [0.2, 0.25) is 5.91 Å². The van der Waals surface area contributed by atoms with Crippen LogP contribution in [0.5, 0.6) is 0 Å². The Labute approximate surface area is 159 Å². The molecule has 0 radical (unpaired) electrons. The summed E-state index contributed by atoms with van der Waals surface area (Å²) in [4.78, 5) is 18.4. The van der Waals surface area contributed by atoms with Crippen LogP contribution >= 0.6 is 15.9 Å². The minimum absolute atomic E-state index is 0.168. The van der Waals surface area contributed by atoms with E-state index in [1.807, 2.05) is 27.8 Å². The molecule has 0 fully saturated rings. The molecular formula is C21H18BrN3O. The first kappa shape index (κ1) is 15.7. The fourth-order valence-electron chi connectivity index (χ4n) is 3.93. The smallest absolute Gasteiger partial charge is 0.242 e. The van der Waals surface area contributed by atoms with Crippen molar-refractivity contribution >= 4 is 43.6 Å². The molecule has 2 aromatic heterocycles. The first-order valence-corrected chi connectivity index (χ1v) is 9.59. The maximum Gasteiger partial charge on any atom is 0.242 e. The second-order valence-electron chi connectivity index (χ2n) is 6.84. The van der Waals surface area contributed by atoms with Crippen molar-refractivity contribution in [3.8, 4) is 0 Å². The van der Waals surface area contributed by atoms with E-state index in [-0.39, 0.29) is 5.91 Å². The Morgan fingerprint density at radius 1 is 1.15 bits per heavy atom. The molecule has 2 aromatic carbocycles. The quantitative estimate of drug-likeness (QED) is 0.523. The highest BCUT2D eigenvalue weighted by Gasteiger charge is 2.24. The van der Waals surface area contributed by atoms with E-state index in [0.717, 1.165) is 33.9 Å². The van der Waals surface area contributed by atoms with Crippen LogP contribution in [0, 0.1) is 0 Å². The molecule has 1 N–H and O–H groups in total. The first-order valence-electron chi connectivity index (χ1n) is 8.80. The van der Waals surface area contributed by atoms with Gasteiger partial charge in [0, 0.05) is 63.2 Å². The lowest BCUT2D eigenvalue weighted by Gasteiger charge is -2.27. The van der Waals surface area contributed by atoms with Gasteiger partial charge >= 0.3 is 0 Å². The van der Waals surface area contributed by atoms with Crippen molar-refractivity contribution in [2.24, 2.45) is 0 Å². The summed E-state index contributed by atoms with van der Waals surface area (Å²) in [7, 11) is 0. The maximum absolute atomic E-state index is 12.9. The van der Waals surface area contributed by atoms with Gasteiger partial charge in [0.25, 0.3) is 0 Å². The summed E-state index contributed by atoms with van der Waals surface area (Å²) in [5.41, 5.74) is 4.79. The Morgan fingerprint density at radius 3 is 2.96 bits per heavy atom. The van der Waals surface area contributed by atoms with E-state index in [4.69, 9.17) is 0 Å². The molecule has 5 heteroatoms. The van der Waals surface area contributed by atoms with Gasteiger partial charge in [0.15, 0.2) is 0 Å². The van der Waals surface area contributed by atoms with Crippen LogP contribution in [0.2, 0.25) is 0 Å². The predicted octanol–water partition coefficient (Wildman–Crippen LogP) is 4.47. The molecule has 26 heavy (non-hydrogen) atoms. The Hall–Kier alpha value is -2.53. The summed E-state index contributed by atoms with van der Waals surface area (Å²) >= 11 is 3.50. The Morgan fingerprint density at radius 2 is 2.04 bits per heavy atom. The zero-order valence-electron chi connectivity index (χ0n) is 14.2. The lowest BCUT2D eigenvalue weighted by molar-refractivity contribution is -0.132. The SMILES string of the molecule is O=C(Cn1ccc2cc(Br)ccc21)N1CCc2[nH]c3ccccc3c2C1. The van der Waals surface area contributed by atoms with Crippen LogP contribution in [0.4, 0.5) is 0 Å². The lowest BCUT2D eigenvalue weighted by Crippen LogP contribution is -2.37. The highest BCUT2D eigenvalue weighted by atomic mass is 79.9. The van der Waals surface area contributed by atoms with Crippen LogP contribution in [0.25, 0.3) is 21.8 Å². The highest BCUT2D eigenvalue weighted by molar-refractivity contribution is 9.10. The van der Waals surface area contributed by atoms with E-state index in [2.05, 4.69) is 57.3 Å². The molecule has 1 aliphatic heterocycles. The van der Waals surface area contributed by atoms with Gasteiger partial charge in [-0.1, -0.05) is 34.1 Å². The number of carbonyl (C=O) groups excluding carboxylic acids is 1. The molecule has 5 rings (SSSR count). The summed E-state index contributed by atoms with van der Waals surface area (Å²) in [6.07, 6.45) is 2.88. The molecule has 0 bridgehead atoms. The molecule has 0 aliphatic carbocycles. The number of benzene rings is 2. The zero-order chi connectivity index (χ0) is 17.7. The van der Waals surface area contributed by atoms with Crippen LogP contribution in [0.15, 0.2) is 59.2 Å². The van der Waals surface area contributed by atoms with Gasteiger partial charge < -0.3 is 14.5 Å². The minimum Gasteiger partial charge on any atom is -0.358 e. The molecule has 3 heterocycles. The minimum atomic E-state index is 0.168. The molecule has 0 atom stereocenters. The molecular weight excluding hydrogens is 390 g/mol. The number of carbonyl (C=O) groups is 1. The van der Waals surface area contributed by atoms with Gasteiger partial charge in [-0.3, -0.25) is 4.79 Å². The van der Waals surface area contributed by atoms with Gasteiger partial charge in [-0.15, -0.1) is 0 Å². The van der Waals surface area contributed by atoms with Crippen LogP contribution in [-0.2, 0) is 24.3 Å². The summed E-state index contributed by atoms with van der Waals surface area (Å²) in [6, 6.07) is 16.5. The van der Waals surface area contributed by atoms with Crippen LogP contribution in [0.1, 0.15) is 11.3 Å². The van der Waals surface area contributed by atoms with E-state index in [1.165, 1.54) is 16.6 Å². The summed E-state index contributed by atoms with van der Waals surface area (Å²) < 4.78 is 3.09. The number of nitrogens with one attached hydrogen (secondary N) is 1. The van der Waals surface area contributed by atoms with E-state index in [9.17, 15) is 4.79 Å². The molecule has 0 spiro atoms. The topological polar surface area (TPSA) is 41.0 Å². The molecule has 130 valence electrons. The molecule has 4 aromatic rings. The first-order chi connectivity index (χ1) is 12.7. The van der Waals surface area contributed by atoms with Crippen LogP contribution < -0.4 is 0 Å². The number of para-hydroxylation sites is 1. The third-order valence-electron chi connectivity index (χ3n) is 5.27. The number of H-pyrrole nitrogens is 1. The Kier molecular flexibility index (Phi) is 3.64. The average molecular weight is 408 g/mol. The molecule has 4 nitrogen and oxygen atoms in total. The number of aromatic amines is 1. The van der Waals surface area contributed by atoms with E-state index < -0.39 is 0 Å². The number of hydrogen-bond acceptors (Lipinski definition) is 1. The van der Waals surface area contributed by atoms with Gasteiger partial charge in [-0.2, -0.15) is 0 Å². The van der Waals surface area contributed by atoms with Gasteiger partial charge in [-0.25, -0.2) is 0 Å². The fourth-order valence-corrected chi connectivity index (χ4v) is 4.31. The summed E-state index contributed by atoms with van der Waals surface area (Å²) in [6.45, 7) is 1.83. The van der Waals surface area contributed by atoms with Crippen molar-refractivity contribution in [3.05, 3.63) is 70.5 Å². The number of fused-ring (bicyclic) bond motifs is 4. The van der Waals surface area contributed by atoms with Gasteiger partial charge in [0.1, 0.15) is 6.54 Å². The highest BCUT2D eigenvalue weighted by Crippen LogP contribution is 2.28. The Bertz CT molecular complexity index is 1140. The maximum atomic E-state index is 12.9. The third-order valence-corrected chi connectivity index (χ3v) is 5.77. The van der Waals surface area contributed by atoms with Crippen molar-refractivity contribution in [1.82, 2.24) is 14.5 Å². The third kappa shape index (κ3) is 2.54. The molecule has 0 saturated carbocycles. The molecule has 0 saturated heterocycles. The van der Waals surface area contributed by atoms with E-state index in [1.54, 1.807) is 0 Å². The summed E-state index contributed by atoms with van der Waals surface area (Å²) in [5, 5.41) is 2.38. The van der Waals surface area contributed by atoms with Crippen LogP contribution in [0.3, 0.4) is 0 Å². The normalized spacial score (nSPS) is 14.1. The Balaban J connectivity index is 1.41. The number of amides is 1. The second kappa shape index (κ2) is 6.02. The average Bonchev–Trinajstić information content (AvgIpc) is 3.22. The predicted molar refractivity (Wildman–Crippen MR) is 107 cm³/mol. The van der Waals surface area contributed by atoms with Crippen molar-refractivity contribution < 1.29 is 4.79 Å². The number of aromatic nitrogens is 2. The number of rotatable bonds is 2. The van der Waals surface area contributed by atoms with Crippen molar-refractivity contribution in [3.63, 3.8) is 0 Å². The molecule has 1 amide bonds. The standard InChI is InChI=1S/C21H18BrN3O/c22-15-5-6-20-14(11-15)7-9-24(20)13-21(26)25-10-8-19-17(12-25)16-3-1-2-4-18(16)23-19/h1-7,9,11,23H,8,10,12-13H2. The fraction of sp³-hybridized carbons (Fsp3) is 0.190. The molecule has 0 unspecified atom stereocenters. The van der Waals surface area contributed by atoms with Crippen molar-refractivity contribution in [2.75, 3.05) is 6.54 Å². The number of hydrogen-bond donors (Lipinski definition) is 1. The lowest BCUT2D eigenvalue weighted by atomic mass is 10.0. The summed E-state index contributed by atoms with van der Waals surface area (Å²) in [5.74, 6) is 0.168. The van der Waals surface area contributed by atoms with E-state index in [0.29, 0.717) is 13.1 Å².